The number of benzene rings is 2. The van der Waals surface area contributed by atoms with E-state index in [0.29, 0.717) is 0 Å². The molecule has 11 heteroatoms. The van der Waals surface area contributed by atoms with E-state index >= 15 is 0 Å². The van der Waals surface area contributed by atoms with E-state index in [9.17, 15) is 31.2 Å². The normalized spacial score (nSPS) is 12.9. The molecular weight excluding hydrogens is 413 g/mol. The molecule has 156 valence electrons. The molecule has 0 aromatic heterocycles. The molecule has 0 heterocycles. The van der Waals surface area contributed by atoms with Gasteiger partial charge in [0.25, 0.3) is 5.91 Å². The average molecular weight is 430 g/mol. The van der Waals surface area contributed by atoms with Gasteiger partial charge in [0, 0.05) is 5.69 Å². The summed E-state index contributed by atoms with van der Waals surface area (Å²) in [5, 5.41) is 2.23. The first-order valence-corrected chi connectivity index (χ1v) is 9.65. The smallest absolute Gasteiger partial charge is 0.416 e. The van der Waals surface area contributed by atoms with Crippen molar-refractivity contribution < 1.29 is 35.9 Å². The van der Waals surface area contributed by atoms with Gasteiger partial charge in [0.1, 0.15) is 0 Å². The Balaban J connectivity index is 2.08. The standard InChI is InChI=1S/C18H17F3N2O5S/c1-11(16(24)23-14-7-4-6-13(10-14)18(19,20)21)28-17(25)12-5-3-8-15(9-12)29(26,27)22-2/h3-11,22H,1-2H3,(H,23,24)/t11-/m1/s1. The highest BCUT2D eigenvalue weighted by molar-refractivity contribution is 7.89. The van der Waals surface area contributed by atoms with Gasteiger partial charge in [-0.15, -0.1) is 0 Å². The van der Waals surface area contributed by atoms with E-state index in [0.717, 1.165) is 24.3 Å². The molecule has 7 nitrogen and oxygen atoms in total. The maximum absolute atomic E-state index is 12.7. The van der Waals surface area contributed by atoms with E-state index in [1.54, 1.807) is 0 Å². The molecular formula is C18H17F3N2O5S. The summed E-state index contributed by atoms with van der Waals surface area (Å²) in [6.07, 6.45) is -5.92. The number of halogens is 3. The summed E-state index contributed by atoms with van der Waals surface area (Å²) in [7, 11) is -2.58. The number of amides is 1. The van der Waals surface area contributed by atoms with Crippen molar-refractivity contribution >= 4 is 27.6 Å². The molecule has 0 aliphatic rings. The van der Waals surface area contributed by atoms with E-state index in [1.165, 1.54) is 38.2 Å². The zero-order valence-corrected chi connectivity index (χ0v) is 16.1. The third kappa shape index (κ3) is 5.78. The van der Waals surface area contributed by atoms with Crippen molar-refractivity contribution in [3.05, 3.63) is 59.7 Å². The number of ether oxygens (including phenoxy) is 1. The van der Waals surface area contributed by atoms with Crippen LogP contribution in [0.4, 0.5) is 18.9 Å². The molecule has 0 aliphatic heterocycles. The molecule has 2 N–H and O–H groups in total. The average Bonchev–Trinajstić information content (AvgIpc) is 2.67. The van der Waals surface area contributed by atoms with Crippen LogP contribution in [-0.2, 0) is 25.7 Å². The van der Waals surface area contributed by atoms with Crippen molar-refractivity contribution in [2.75, 3.05) is 12.4 Å². The SMILES string of the molecule is CNS(=O)(=O)c1cccc(C(=O)O[C@H](C)C(=O)Nc2cccc(C(F)(F)F)c2)c1. The number of rotatable bonds is 6. The maximum Gasteiger partial charge on any atom is 0.416 e. The fourth-order valence-corrected chi connectivity index (χ4v) is 2.98. The van der Waals surface area contributed by atoms with Gasteiger partial charge in [0.05, 0.1) is 16.0 Å². The number of alkyl halides is 3. The van der Waals surface area contributed by atoms with Gasteiger partial charge in [0.15, 0.2) is 6.10 Å². The van der Waals surface area contributed by atoms with Crippen molar-refractivity contribution in [1.29, 1.82) is 0 Å². The minimum absolute atomic E-state index is 0.111. The first kappa shape index (κ1) is 22.4. The van der Waals surface area contributed by atoms with Gasteiger partial charge in [-0.2, -0.15) is 13.2 Å². The number of carbonyl (C=O) groups is 2. The Labute approximate surface area is 164 Å². The second-order valence-electron chi connectivity index (χ2n) is 5.85. The first-order chi connectivity index (χ1) is 13.4. The maximum atomic E-state index is 12.7. The minimum Gasteiger partial charge on any atom is -0.449 e. The quantitative estimate of drug-likeness (QED) is 0.687. The summed E-state index contributed by atoms with van der Waals surface area (Å²) in [4.78, 5) is 24.2. The van der Waals surface area contributed by atoms with Gasteiger partial charge < -0.3 is 10.1 Å². The first-order valence-electron chi connectivity index (χ1n) is 8.17. The van der Waals surface area contributed by atoms with Crippen molar-refractivity contribution in [2.45, 2.75) is 24.1 Å². The van der Waals surface area contributed by atoms with Crippen LogP contribution in [-0.4, -0.2) is 33.4 Å². The number of sulfonamides is 1. The zero-order valence-electron chi connectivity index (χ0n) is 15.3. The highest BCUT2D eigenvalue weighted by atomic mass is 32.2. The van der Waals surface area contributed by atoms with Gasteiger partial charge in [-0.05, 0) is 50.4 Å². The molecule has 1 amide bonds. The van der Waals surface area contributed by atoms with Gasteiger partial charge in [-0.25, -0.2) is 17.9 Å². The molecule has 0 unspecified atom stereocenters. The third-order valence-electron chi connectivity index (χ3n) is 3.76. The second kappa shape index (κ2) is 8.62. The zero-order chi connectivity index (χ0) is 21.8. The molecule has 0 saturated heterocycles. The van der Waals surface area contributed by atoms with Crippen molar-refractivity contribution in [3.8, 4) is 0 Å². The van der Waals surface area contributed by atoms with Crippen LogP contribution in [0.25, 0.3) is 0 Å². The predicted molar refractivity (Wildman–Crippen MR) is 97.6 cm³/mol. The number of hydrogen-bond acceptors (Lipinski definition) is 5. The molecule has 1 atom stereocenters. The van der Waals surface area contributed by atoms with Crippen molar-refractivity contribution in [3.63, 3.8) is 0 Å². The molecule has 0 fully saturated rings. The van der Waals surface area contributed by atoms with Crippen LogP contribution in [0.15, 0.2) is 53.4 Å². The molecule has 0 bridgehead atoms. The van der Waals surface area contributed by atoms with Crippen LogP contribution in [0, 0.1) is 0 Å². The number of anilines is 1. The van der Waals surface area contributed by atoms with Gasteiger partial charge in [-0.1, -0.05) is 12.1 Å². The topological polar surface area (TPSA) is 102 Å². The summed E-state index contributed by atoms with van der Waals surface area (Å²) in [6, 6.07) is 8.96. The lowest BCUT2D eigenvalue weighted by atomic mass is 10.2. The largest absolute Gasteiger partial charge is 0.449 e. The molecule has 0 spiro atoms. The fourth-order valence-electron chi connectivity index (χ4n) is 2.21. The summed E-state index contributed by atoms with van der Waals surface area (Å²) in [6.45, 7) is 1.23. The number of nitrogens with one attached hydrogen (secondary N) is 2. The van der Waals surface area contributed by atoms with Crippen molar-refractivity contribution in [1.82, 2.24) is 4.72 Å². The Kier molecular flexibility index (Phi) is 6.65. The molecule has 0 aliphatic carbocycles. The van der Waals surface area contributed by atoms with Crippen LogP contribution in [0.5, 0.6) is 0 Å². The van der Waals surface area contributed by atoms with Crippen LogP contribution in [0.1, 0.15) is 22.8 Å². The van der Waals surface area contributed by atoms with E-state index < -0.39 is 39.7 Å². The predicted octanol–water partition coefficient (Wildman–Crippen LogP) is 2.80. The lowest BCUT2D eigenvalue weighted by molar-refractivity contribution is -0.137. The fraction of sp³-hybridized carbons (Fsp3) is 0.222. The summed E-state index contributed by atoms with van der Waals surface area (Å²) in [5.41, 5.74) is -1.17. The van der Waals surface area contributed by atoms with E-state index in [2.05, 4.69) is 10.0 Å². The lowest BCUT2D eigenvalue weighted by Gasteiger charge is -2.15. The van der Waals surface area contributed by atoms with Crippen LogP contribution >= 0.6 is 0 Å². The molecule has 0 radical (unpaired) electrons. The monoisotopic (exact) mass is 430 g/mol. The Morgan fingerprint density at radius 1 is 1.07 bits per heavy atom. The molecule has 29 heavy (non-hydrogen) atoms. The third-order valence-corrected chi connectivity index (χ3v) is 5.17. The second-order valence-corrected chi connectivity index (χ2v) is 7.74. The van der Waals surface area contributed by atoms with Crippen LogP contribution < -0.4 is 10.0 Å². The van der Waals surface area contributed by atoms with Crippen LogP contribution in [0.2, 0.25) is 0 Å². The lowest BCUT2D eigenvalue weighted by Crippen LogP contribution is -2.30. The number of hydrogen-bond donors (Lipinski definition) is 2. The highest BCUT2D eigenvalue weighted by Gasteiger charge is 2.30. The Hall–Kier alpha value is -2.92. The molecule has 0 saturated carbocycles. The Bertz CT molecular complexity index is 1020. The number of esters is 1. The summed E-state index contributed by atoms with van der Waals surface area (Å²) >= 11 is 0. The summed E-state index contributed by atoms with van der Waals surface area (Å²) in [5.74, 6) is -1.82. The summed E-state index contributed by atoms with van der Waals surface area (Å²) < 4.78 is 68.9. The van der Waals surface area contributed by atoms with Crippen LogP contribution in [0.3, 0.4) is 0 Å². The highest BCUT2D eigenvalue weighted by Crippen LogP contribution is 2.30. The Morgan fingerprint density at radius 3 is 2.34 bits per heavy atom. The van der Waals surface area contributed by atoms with Gasteiger partial charge in [-0.3, -0.25) is 4.79 Å². The molecule has 2 aromatic carbocycles. The molecule has 2 rings (SSSR count). The van der Waals surface area contributed by atoms with E-state index in [4.69, 9.17) is 4.74 Å². The van der Waals surface area contributed by atoms with E-state index in [-0.39, 0.29) is 16.1 Å². The number of carbonyl (C=O) groups excluding carboxylic acids is 2. The molecule has 2 aromatic rings. The van der Waals surface area contributed by atoms with E-state index in [1.807, 2.05) is 0 Å². The Morgan fingerprint density at radius 2 is 1.72 bits per heavy atom. The van der Waals surface area contributed by atoms with Crippen molar-refractivity contribution in [2.24, 2.45) is 0 Å². The van der Waals surface area contributed by atoms with Gasteiger partial charge >= 0.3 is 12.1 Å². The van der Waals surface area contributed by atoms with Gasteiger partial charge in [0.2, 0.25) is 10.0 Å². The minimum atomic E-state index is -4.57.